The first-order chi connectivity index (χ1) is 12.0. The number of hydrogen-bond donors (Lipinski definition) is 3. The van der Waals surface area contributed by atoms with E-state index in [1.165, 1.54) is 51.4 Å². The fourth-order valence-corrected chi connectivity index (χ4v) is 2.77. The number of nitrogens with one attached hydrogen (secondary N) is 1. The van der Waals surface area contributed by atoms with E-state index in [1.807, 2.05) is 0 Å². The molecule has 0 bridgehead atoms. The molecule has 0 aliphatic rings. The summed E-state index contributed by atoms with van der Waals surface area (Å²) in [5, 5.41) is 11.2. The van der Waals surface area contributed by atoms with E-state index in [9.17, 15) is 14.4 Å². The van der Waals surface area contributed by atoms with Gasteiger partial charge in [0.15, 0.2) is 0 Å². The Bertz CT molecular complexity index is 386. The Kier molecular flexibility index (Phi) is 14.9. The van der Waals surface area contributed by atoms with Gasteiger partial charge in [-0.1, -0.05) is 71.1 Å². The molecular weight excluding hydrogens is 320 g/mol. The lowest BCUT2D eigenvalue weighted by Crippen LogP contribution is -2.44. The van der Waals surface area contributed by atoms with Gasteiger partial charge >= 0.3 is 5.97 Å². The second kappa shape index (κ2) is 15.9. The van der Waals surface area contributed by atoms with Gasteiger partial charge in [-0.3, -0.25) is 14.4 Å². The van der Waals surface area contributed by atoms with Crippen LogP contribution in [0.25, 0.3) is 0 Å². The van der Waals surface area contributed by atoms with E-state index < -0.39 is 17.9 Å². The maximum absolute atomic E-state index is 11.8. The largest absolute Gasteiger partial charge is 0.481 e. The third-order valence-electron chi connectivity index (χ3n) is 4.33. The second-order valence-corrected chi connectivity index (χ2v) is 6.74. The smallest absolute Gasteiger partial charge is 0.303 e. The van der Waals surface area contributed by atoms with Gasteiger partial charge in [0, 0.05) is 12.8 Å². The summed E-state index contributed by atoms with van der Waals surface area (Å²) in [5.41, 5.74) is 5.19. The lowest BCUT2D eigenvalue weighted by Gasteiger charge is -2.14. The summed E-state index contributed by atoms with van der Waals surface area (Å²) in [4.78, 5) is 33.6. The van der Waals surface area contributed by atoms with E-state index in [0.717, 1.165) is 19.3 Å². The molecule has 6 nitrogen and oxygen atoms in total. The van der Waals surface area contributed by atoms with Crippen LogP contribution in [0, 0.1) is 0 Å². The Morgan fingerprint density at radius 3 is 1.76 bits per heavy atom. The van der Waals surface area contributed by atoms with Crippen LogP contribution in [-0.4, -0.2) is 28.9 Å². The quantitative estimate of drug-likeness (QED) is 0.346. The van der Waals surface area contributed by atoms with Crippen LogP contribution in [0.4, 0.5) is 0 Å². The van der Waals surface area contributed by atoms with Crippen LogP contribution in [0.5, 0.6) is 0 Å². The molecule has 0 unspecified atom stereocenters. The van der Waals surface area contributed by atoms with Gasteiger partial charge in [0.05, 0.1) is 0 Å². The van der Waals surface area contributed by atoms with Crippen molar-refractivity contribution in [2.24, 2.45) is 5.73 Å². The molecule has 0 aromatic carbocycles. The molecule has 0 aromatic rings. The normalized spacial score (nSPS) is 11.9. The van der Waals surface area contributed by atoms with Crippen molar-refractivity contribution < 1.29 is 19.5 Å². The zero-order valence-electron chi connectivity index (χ0n) is 15.7. The van der Waals surface area contributed by atoms with Crippen LogP contribution < -0.4 is 11.1 Å². The summed E-state index contributed by atoms with van der Waals surface area (Å²) in [6.07, 6.45) is 13.5. The van der Waals surface area contributed by atoms with Crippen molar-refractivity contribution in [1.29, 1.82) is 0 Å². The molecule has 0 aliphatic carbocycles. The van der Waals surface area contributed by atoms with Crippen molar-refractivity contribution in [3.8, 4) is 0 Å². The molecule has 0 aliphatic heterocycles. The van der Waals surface area contributed by atoms with Crippen LogP contribution in [-0.2, 0) is 14.4 Å². The Balaban J connectivity index is 3.58. The SMILES string of the molecule is CCCCCCCCCCCCCC(=O)N[C@@H](CCC(=O)O)C(N)=O. The zero-order chi connectivity index (χ0) is 18.9. The summed E-state index contributed by atoms with van der Waals surface area (Å²) in [5.74, 6) is -1.93. The predicted molar refractivity (Wildman–Crippen MR) is 99.1 cm³/mol. The molecule has 146 valence electrons. The molecule has 0 spiro atoms. The summed E-state index contributed by atoms with van der Waals surface area (Å²) in [6.45, 7) is 2.23. The highest BCUT2D eigenvalue weighted by Gasteiger charge is 2.18. The first kappa shape index (κ1) is 23.4. The Labute approximate surface area is 151 Å². The van der Waals surface area contributed by atoms with Crippen molar-refractivity contribution in [3.05, 3.63) is 0 Å². The maximum atomic E-state index is 11.8. The minimum atomic E-state index is -1.01. The molecule has 0 saturated heterocycles. The molecule has 0 heterocycles. The highest BCUT2D eigenvalue weighted by molar-refractivity contribution is 5.86. The number of unbranched alkanes of at least 4 members (excludes halogenated alkanes) is 10. The van der Waals surface area contributed by atoms with Crippen LogP contribution in [0.15, 0.2) is 0 Å². The van der Waals surface area contributed by atoms with Gasteiger partial charge < -0.3 is 16.2 Å². The zero-order valence-corrected chi connectivity index (χ0v) is 15.7. The highest BCUT2D eigenvalue weighted by atomic mass is 16.4. The number of carboxylic acid groups (broad SMARTS) is 1. The third-order valence-corrected chi connectivity index (χ3v) is 4.33. The van der Waals surface area contributed by atoms with Crippen molar-refractivity contribution in [1.82, 2.24) is 5.32 Å². The van der Waals surface area contributed by atoms with Crippen molar-refractivity contribution in [2.45, 2.75) is 103 Å². The number of carbonyl (C=O) groups is 3. The molecule has 1 atom stereocenters. The number of hydrogen-bond acceptors (Lipinski definition) is 3. The summed E-state index contributed by atoms with van der Waals surface area (Å²) < 4.78 is 0. The van der Waals surface area contributed by atoms with Crippen LogP contribution in [0.2, 0.25) is 0 Å². The Hall–Kier alpha value is -1.59. The average molecular weight is 357 g/mol. The van der Waals surface area contributed by atoms with Crippen molar-refractivity contribution in [2.75, 3.05) is 0 Å². The first-order valence-electron chi connectivity index (χ1n) is 9.77. The molecule has 2 amide bonds. The predicted octanol–water partition coefficient (Wildman–Crippen LogP) is 3.52. The van der Waals surface area contributed by atoms with E-state index in [1.54, 1.807) is 0 Å². The number of carboxylic acids is 1. The van der Waals surface area contributed by atoms with Gasteiger partial charge in [-0.25, -0.2) is 0 Å². The van der Waals surface area contributed by atoms with Crippen LogP contribution in [0.1, 0.15) is 96.8 Å². The number of rotatable bonds is 17. The van der Waals surface area contributed by atoms with Gasteiger partial charge in [-0.2, -0.15) is 0 Å². The van der Waals surface area contributed by atoms with Gasteiger partial charge in [-0.15, -0.1) is 0 Å². The molecule has 0 aromatic heterocycles. The molecule has 0 saturated carbocycles. The highest BCUT2D eigenvalue weighted by Crippen LogP contribution is 2.12. The summed E-state index contributed by atoms with van der Waals surface area (Å²) in [6, 6.07) is -0.892. The number of amides is 2. The topological polar surface area (TPSA) is 109 Å². The van der Waals surface area contributed by atoms with Crippen LogP contribution in [0.3, 0.4) is 0 Å². The van der Waals surface area contributed by atoms with Crippen molar-refractivity contribution in [3.63, 3.8) is 0 Å². The van der Waals surface area contributed by atoms with E-state index >= 15 is 0 Å². The van der Waals surface area contributed by atoms with Crippen LogP contribution >= 0.6 is 0 Å². The fourth-order valence-electron chi connectivity index (χ4n) is 2.77. The van der Waals surface area contributed by atoms with Gasteiger partial charge in [0.2, 0.25) is 11.8 Å². The second-order valence-electron chi connectivity index (χ2n) is 6.74. The Morgan fingerprint density at radius 2 is 1.32 bits per heavy atom. The molecule has 0 rings (SSSR count). The lowest BCUT2D eigenvalue weighted by molar-refractivity contribution is -0.137. The van der Waals surface area contributed by atoms with E-state index in [0.29, 0.717) is 6.42 Å². The number of aliphatic carboxylic acids is 1. The minimum Gasteiger partial charge on any atom is -0.481 e. The maximum Gasteiger partial charge on any atom is 0.303 e. The van der Waals surface area contributed by atoms with E-state index in [4.69, 9.17) is 10.8 Å². The number of primary amides is 1. The molecule has 0 fully saturated rings. The summed E-state index contributed by atoms with van der Waals surface area (Å²) >= 11 is 0. The average Bonchev–Trinajstić information content (AvgIpc) is 2.56. The molecular formula is C19H36N2O4. The fraction of sp³-hybridized carbons (Fsp3) is 0.842. The van der Waals surface area contributed by atoms with E-state index in [2.05, 4.69) is 12.2 Å². The number of carbonyl (C=O) groups excluding carboxylic acids is 2. The molecule has 0 radical (unpaired) electrons. The first-order valence-corrected chi connectivity index (χ1v) is 9.77. The standard InChI is InChI=1S/C19H36N2O4/c1-2-3-4-5-6-7-8-9-10-11-12-13-17(22)21-16(19(20)25)14-15-18(23)24/h16H,2-15H2,1H3,(H2,20,25)(H,21,22)(H,23,24)/t16-/m0/s1. The number of nitrogens with two attached hydrogens (primary N) is 1. The molecule has 25 heavy (non-hydrogen) atoms. The monoisotopic (exact) mass is 356 g/mol. The summed E-state index contributed by atoms with van der Waals surface area (Å²) in [7, 11) is 0. The molecule has 4 N–H and O–H groups in total. The minimum absolute atomic E-state index is 0.0364. The molecule has 6 heteroatoms. The lowest BCUT2D eigenvalue weighted by atomic mass is 10.0. The van der Waals surface area contributed by atoms with E-state index in [-0.39, 0.29) is 18.7 Å². The Morgan fingerprint density at radius 1 is 0.840 bits per heavy atom. The van der Waals surface area contributed by atoms with Crippen molar-refractivity contribution >= 4 is 17.8 Å². The van der Waals surface area contributed by atoms with Gasteiger partial charge in [0.1, 0.15) is 6.04 Å². The third kappa shape index (κ3) is 15.7. The van der Waals surface area contributed by atoms with Gasteiger partial charge in [0.25, 0.3) is 0 Å². The van der Waals surface area contributed by atoms with Gasteiger partial charge in [-0.05, 0) is 12.8 Å².